The molecular formula is C21H33BrN4O. The molecule has 2 saturated heterocycles. The van der Waals surface area contributed by atoms with Crippen LogP contribution in [0.25, 0.3) is 11.0 Å². The number of rotatable bonds is 6. The van der Waals surface area contributed by atoms with E-state index in [-0.39, 0.29) is 17.0 Å². The normalized spacial score (nSPS) is 20.0. The van der Waals surface area contributed by atoms with Gasteiger partial charge in [0.15, 0.2) is 0 Å². The molecule has 1 aromatic carbocycles. The summed E-state index contributed by atoms with van der Waals surface area (Å²) in [5, 5.41) is 0. The van der Waals surface area contributed by atoms with Gasteiger partial charge in [-0.3, -0.25) is 4.90 Å². The molecule has 2 aromatic rings. The Morgan fingerprint density at radius 2 is 1.81 bits per heavy atom. The monoisotopic (exact) mass is 436 g/mol. The van der Waals surface area contributed by atoms with Crippen molar-refractivity contribution in [1.82, 2.24) is 14.5 Å². The molecule has 0 N–H and O–H groups in total. The predicted molar refractivity (Wildman–Crippen MR) is 105 cm³/mol. The quantitative estimate of drug-likeness (QED) is 0.467. The lowest BCUT2D eigenvalue weighted by molar-refractivity contribution is -0.914. The average Bonchev–Trinajstić information content (AvgIpc) is 3.19. The van der Waals surface area contributed by atoms with Gasteiger partial charge in [0, 0.05) is 45.5 Å². The van der Waals surface area contributed by atoms with E-state index in [0.717, 1.165) is 31.8 Å². The molecule has 0 aliphatic carbocycles. The first-order valence-corrected chi connectivity index (χ1v) is 10.4. The third kappa shape index (κ3) is 4.73. The second-order valence-electron chi connectivity index (χ2n) is 7.94. The number of hydrogen-bond donors (Lipinski definition) is 0. The Kier molecular flexibility index (Phi) is 7.31. The zero-order chi connectivity index (χ0) is 17.8. The van der Waals surface area contributed by atoms with Gasteiger partial charge in [-0.05, 0) is 19.1 Å². The van der Waals surface area contributed by atoms with Crippen LogP contribution in [0.15, 0.2) is 24.3 Å². The number of imidazole rings is 1. The van der Waals surface area contributed by atoms with Crippen LogP contribution >= 0.6 is 0 Å². The van der Waals surface area contributed by atoms with Crippen LogP contribution in [0.5, 0.6) is 0 Å². The molecule has 0 amide bonds. The highest BCUT2D eigenvalue weighted by Crippen LogP contribution is 2.23. The van der Waals surface area contributed by atoms with Gasteiger partial charge in [-0.1, -0.05) is 12.1 Å². The van der Waals surface area contributed by atoms with Crippen molar-refractivity contribution in [3.8, 4) is 0 Å². The molecule has 5 nitrogen and oxygen atoms in total. The Hall–Kier alpha value is -0.950. The molecule has 6 heteroatoms. The van der Waals surface area contributed by atoms with Gasteiger partial charge in [-0.2, -0.15) is 0 Å². The van der Waals surface area contributed by atoms with E-state index < -0.39 is 0 Å². The summed E-state index contributed by atoms with van der Waals surface area (Å²) in [5.41, 5.74) is 2.34. The first-order chi connectivity index (χ1) is 12.8. The molecule has 150 valence electrons. The maximum atomic E-state index is 5.62. The van der Waals surface area contributed by atoms with E-state index in [0.29, 0.717) is 0 Å². The molecule has 3 heterocycles. The minimum absolute atomic E-state index is 0. The maximum Gasteiger partial charge on any atom is 0.124 e. The number of para-hydroxylation sites is 2. The van der Waals surface area contributed by atoms with Crippen molar-refractivity contribution in [3.05, 3.63) is 30.1 Å². The lowest BCUT2D eigenvalue weighted by Crippen LogP contribution is -3.00. The molecule has 0 radical (unpaired) electrons. The summed E-state index contributed by atoms with van der Waals surface area (Å²) in [6.07, 6.45) is 4.17. The number of hydrogen-bond acceptors (Lipinski definition) is 3. The highest BCUT2D eigenvalue weighted by molar-refractivity contribution is 5.75. The van der Waals surface area contributed by atoms with Crippen molar-refractivity contribution in [1.29, 1.82) is 0 Å². The zero-order valence-electron chi connectivity index (χ0n) is 16.6. The fourth-order valence-electron chi connectivity index (χ4n) is 4.81. The SMILES string of the molecule is CCOCCn1c(CN2CCC[N+]3(CCCC3)CC2)nc2ccccc21.[Br-]. The molecule has 2 fully saturated rings. The lowest BCUT2D eigenvalue weighted by atomic mass is 10.3. The molecule has 0 unspecified atom stereocenters. The second-order valence-corrected chi connectivity index (χ2v) is 7.94. The van der Waals surface area contributed by atoms with Crippen molar-refractivity contribution in [2.24, 2.45) is 0 Å². The Morgan fingerprint density at radius 1 is 1.04 bits per heavy atom. The van der Waals surface area contributed by atoms with E-state index in [4.69, 9.17) is 9.72 Å². The summed E-state index contributed by atoms with van der Waals surface area (Å²) in [7, 11) is 0. The Labute approximate surface area is 173 Å². The zero-order valence-corrected chi connectivity index (χ0v) is 18.2. The van der Waals surface area contributed by atoms with Crippen LogP contribution in [-0.2, 0) is 17.8 Å². The largest absolute Gasteiger partial charge is 1.00 e. The molecule has 4 rings (SSSR count). The molecule has 2 aliphatic rings. The molecule has 1 aromatic heterocycles. The van der Waals surface area contributed by atoms with Crippen LogP contribution in [-0.4, -0.2) is 71.4 Å². The van der Waals surface area contributed by atoms with Crippen LogP contribution in [0.1, 0.15) is 32.0 Å². The third-order valence-corrected chi connectivity index (χ3v) is 6.27. The van der Waals surface area contributed by atoms with Crippen molar-refractivity contribution >= 4 is 11.0 Å². The smallest absolute Gasteiger partial charge is 0.124 e. The summed E-state index contributed by atoms with van der Waals surface area (Å²) in [6.45, 7) is 13.3. The highest BCUT2D eigenvalue weighted by atomic mass is 79.9. The van der Waals surface area contributed by atoms with Gasteiger partial charge in [-0.15, -0.1) is 0 Å². The second kappa shape index (κ2) is 9.50. The summed E-state index contributed by atoms with van der Waals surface area (Å²) in [6, 6.07) is 8.50. The fraction of sp³-hybridized carbons (Fsp3) is 0.667. The lowest BCUT2D eigenvalue weighted by Gasteiger charge is -2.32. The topological polar surface area (TPSA) is 30.3 Å². The highest BCUT2D eigenvalue weighted by Gasteiger charge is 2.34. The molecule has 0 saturated carbocycles. The van der Waals surface area contributed by atoms with Crippen LogP contribution in [0.3, 0.4) is 0 Å². The van der Waals surface area contributed by atoms with E-state index in [1.54, 1.807) is 0 Å². The number of ether oxygens (including phenoxy) is 1. The van der Waals surface area contributed by atoms with E-state index in [2.05, 4.69) is 40.7 Å². The number of halogens is 1. The van der Waals surface area contributed by atoms with Gasteiger partial charge in [0.25, 0.3) is 0 Å². The fourth-order valence-corrected chi connectivity index (χ4v) is 4.81. The summed E-state index contributed by atoms with van der Waals surface area (Å²) < 4.78 is 9.36. The number of aromatic nitrogens is 2. The van der Waals surface area contributed by atoms with Gasteiger partial charge in [0.1, 0.15) is 5.82 Å². The average molecular weight is 437 g/mol. The minimum Gasteiger partial charge on any atom is -1.00 e. The number of fused-ring (bicyclic) bond motifs is 1. The molecular weight excluding hydrogens is 404 g/mol. The first-order valence-electron chi connectivity index (χ1n) is 10.4. The molecule has 1 spiro atoms. The van der Waals surface area contributed by atoms with Crippen molar-refractivity contribution in [2.75, 3.05) is 52.5 Å². The Morgan fingerprint density at radius 3 is 2.63 bits per heavy atom. The number of quaternary nitrogens is 1. The number of nitrogens with zero attached hydrogens (tertiary/aromatic N) is 4. The minimum atomic E-state index is 0. The standard InChI is InChI=1S/C21H33N4O.BrH/c1-2-26-17-12-24-20-9-4-3-8-19(20)22-21(24)18-23-10-7-15-25(16-11-23)13-5-6-14-25;/h3-4,8-9H,2,5-7,10-18H2,1H3;1H/q+1;/p-1. The van der Waals surface area contributed by atoms with Gasteiger partial charge in [0.05, 0.1) is 50.4 Å². The summed E-state index contributed by atoms with van der Waals surface area (Å²) >= 11 is 0. The molecule has 27 heavy (non-hydrogen) atoms. The van der Waals surface area contributed by atoms with E-state index in [9.17, 15) is 0 Å². The van der Waals surface area contributed by atoms with Crippen molar-refractivity contribution in [3.63, 3.8) is 0 Å². The van der Waals surface area contributed by atoms with Gasteiger partial charge < -0.3 is 30.8 Å². The molecule has 0 bridgehead atoms. The van der Waals surface area contributed by atoms with E-state index >= 15 is 0 Å². The molecule has 2 aliphatic heterocycles. The van der Waals surface area contributed by atoms with Crippen LogP contribution in [0.2, 0.25) is 0 Å². The Balaban J connectivity index is 0.00000210. The number of benzene rings is 1. The van der Waals surface area contributed by atoms with Crippen LogP contribution < -0.4 is 17.0 Å². The Bertz CT molecular complexity index is 726. The van der Waals surface area contributed by atoms with Crippen LogP contribution in [0.4, 0.5) is 0 Å². The van der Waals surface area contributed by atoms with Gasteiger partial charge >= 0.3 is 0 Å². The maximum absolute atomic E-state index is 5.62. The van der Waals surface area contributed by atoms with Crippen molar-refractivity contribution in [2.45, 2.75) is 39.3 Å². The van der Waals surface area contributed by atoms with E-state index in [1.165, 1.54) is 74.4 Å². The van der Waals surface area contributed by atoms with Crippen molar-refractivity contribution < 1.29 is 26.2 Å². The van der Waals surface area contributed by atoms with E-state index in [1.807, 2.05) is 0 Å². The summed E-state index contributed by atoms with van der Waals surface area (Å²) in [4.78, 5) is 7.59. The van der Waals surface area contributed by atoms with Crippen LogP contribution in [0, 0.1) is 0 Å². The predicted octanol–water partition coefficient (Wildman–Crippen LogP) is -0.107. The first kappa shape index (κ1) is 20.8. The molecule has 0 atom stereocenters. The third-order valence-electron chi connectivity index (χ3n) is 6.27. The van der Waals surface area contributed by atoms with Gasteiger partial charge in [0.2, 0.25) is 0 Å². The summed E-state index contributed by atoms with van der Waals surface area (Å²) in [5.74, 6) is 1.20. The van der Waals surface area contributed by atoms with Gasteiger partial charge in [-0.25, -0.2) is 4.98 Å².